The first kappa shape index (κ1) is 18.7. The van der Waals surface area contributed by atoms with Gasteiger partial charge < -0.3 is 19.5 Å². The van der Waals surface area contributed by atoms with Crippen LogP contribution in [0.1, 0.15) is 34.0 Å². The quantitative estimate of drug-likeness (QED) is 0.832. The van der Waals surface area contributed by atoms with E-state index in [1.807, 2.05) is 21.7 Å². The standard InChI is InChI=1S/C20H26N6O2/c1-24-6-8-25(9-7-24)20(27)18-14-23-26-5-4-15(10-19(18)26)12-22-13-17-3-2-16(11-21)28-17/h2-3,14-15,22H,4-10,12-13H2,1H3/t15-/m0/s1. The second kappa shape index (κ2) is 8.17. The number of hydrogen-bond acceptors (Lipinski definition) is 6. The Bertz CT molecular complexity index is 872. The van der Waals surface area contributed by atoms with Crippen LogP contribution in [0.5, 0.6) is 0 Å². The molecule has 0 aliphatic carbocycles. The lowest BCUT2D eigenvalue weighted by Crippen LogP contribution is -2.47. The van der Waals surface area contributed by atoms with E-state index < -0.39 is 0 Å². The smallest absolute Gasteiger partial charge is 0.257 e. The van der Waals surface area contributed by atoms with E-state index in [0.717, 1.165) is 69.1 Å². The van der Waals surface area contributed by atoms with Crippen molar-refractivity contribution in [1.29, 1.82) is 5.26 Å². The lowest BCUT2D eigenvalue weighted by Gasteiger charge is -2.32. The SMILES string of the molecule is CN1CCN(C(=O)c2cnn3c2C[C@@H](CNCc2ccc(C#N)o2)CC3)CC1. The van der Waals surface area contributed by atoms with E-state index in [4.69, 9.17) is 9.68 Å². The van der Waals surface area contributed by atoms with E-state index in [2.05, 4.69) is 22.4 Å². The van der Waals surface area contributed by atoms with Gasteiger partial charge in [-0.2, -0.15) is 10.4 Å². The molecule has 0 unspecified atom stereocenters. The average molecular weight is 382 g/mol. The van der Waals surface area contributed by atoms with Crippen molar-refractivity contribution in [3.63, 3.8) is 0 Å². The maximum atomic E-state index is 13.0. The van der Waals surface area contributed by atoms with E-state index in [1.165, 1.54) is 0 Å². The van der Waals surface area contributed by atoms with Crippen LogP contribution in [0.2, 0.25) is 0 Å². The van der Waals surface area contributed by atoms with E-state index >= 15 is 0 Å². The van der Waals surface area contributed by atoms with Crippen LogP contribution in [0.15, 0.2) is 22.7 Å². The summed E-state index contributed by atoms with van der Waals surface area (Å²) < 4.78 is 7.39. The van der Waals surface area contributed by atoms with Gasteiger partial charge in [0.1, 0.15) is 11.8 Å². The second-order valence-corrected chi connectivity index (χ2v) is 7.69. The number of aromatic nitrogens is 2. The molecule has 2 aromatic rings. The number of nitriles is 1. The lowest BCUT2D eigenvalue weighted by atomic mass is 9.94. The minimum atomic E-state index is 0.113. The highest BCUT2D eigenvalue weighted by Crippen LogP contribution is 2.24. The number of nitrogens with one attached hydrogen (secondary N) is 1. The highest BCUT2D eigenvalue weighted by Gasteiger charge is 2.28. The summed E-state index contributed by atoms with van der Waals surface area (Å²) >= 11 is 0. The fourth-order valence-electron chi connectivity index (χ4n) is 3.96. The molecule has 8 nitrogen and oxygen atoms in total. The molecule has 0 saturated carbocycles. The van der Waals surface area contributed by atoms with Gasteiger partial charge in [-0.1, -0.05) is 0 Å². The Morgan fingerprint density at radius 1 is 1.32 bits per heavy atom. The number of piperazine rings is 1. The highest BCUT2D eigenvalue weighted by molar-refractivity contribution is 5.95. The summed E-state index contributed by atoms with van der Waals surface area (Å²) in [5.74, 6) is 1.67. The van der Waals surface area contributed by atoms with E-state index in [1.54, 1.807) is 12.3 Å². The molecule has 2 aliphatic rings. The molecular weight excluding hydrogens is 356 g/mol. The molecule has 1 saturated heterocycles. The number of furan rings is 1. The van der Waals surface area contributed by atoms with Gasteiger partial charge in [-0.15, -0.1) is 0 Å². The number of hydrogen-bond donors (Lipinski definition) is 1. The topological polar surface area (TPSA) is 90.3 Å². The summed E-state index contributed by atoms with van der Waals surface area (Å²) in [5.41, 5.74) is 1.82. The number of carbonyl (C=O) groups is 1. The lowest BCUT2D eigenvalue weighted by molar-refractivity contribution is 0.0662. The summed E-state index contributed by atoms with van der Waals surface area (Å²) in [6.45, 7) is 5.68. The Morgan fingerprint density at radius 3 is 2.89 bits per heavy atom. The van der Waals surface area contributed by atoms with Gasteiger partial charge in [0.25, 0.3) is 5.91 Å². The monoisotopic (exact) mass is 382 g/mol. The Hall–Kier alpha value is -2.63. The maximum absolute atomic E-state index is 13.0. The number of fused-ring (bicyclic) bond motifs is 1. The Kier molecular flexibility index (Phi) is 5.46. The highest BCUT2D eigenvalue weighted by atomic mass is 16.3. The van der Waals surface area contributed by atoms with Gasteiger partial charge in [0.2, 0.25) is 5.76 Å². The zero-order chi connectivity index (χ0) is 19.5. The van der Waals surface area contributed by atoms with Gasteiger partial charge in [0.05, 0.1) is 24.0 Å². The summed E-state index contributed by atoms with van der Waals surface area (Å²) in [4.78, 5) is 17.2. The summed E-state index contributed by atoms with van der Waals surface area (Å²) in [7, 11) is 2.09. The molecule has 1 N–H and O–H groups in total. The van der Waals surface area contributed by atoms with Crippen LogP contribution in [0.4, 0.5) is 0 Å². The molecule has 4 rings (SSSR count). The van der Waals surface area contributed by atoms with Crippen LogP contribution >= 0.6 is 0 Å². The van der Waals surface area contributed by atoms with Crippen LogP contribution < -0.4 is 5.32 Å². The van der Waals surface area contributed by atoms with Crippen molar-refractivity contribution in [2.45, 2.75) is 25.9 Å². The Labute approximate surface area is 164 Å². The van der Waals surface area contributed by atoms with Gasteiger partial charge >= 0.3 is 0 Å². The Morgan fingerprint density at radius 2 is 2.14 bits per heavy atom. The molecule has 0 aromatic carbocycles. The van der Waals surface area contributed by atoms with Crippen molar-refractivity contribution in [1.82, 2.24) is 24.9 Å². The molecule has 2 aromatic heterocycles. The largest absolute Gasteiger partial charge is 0.449 e. The van der Waals surface area contributed by atoms with Crippen molar-refractivity contribution < 1.29 is 9.21 Å². The molecule has 1 atom stereocenters. The number of rotatable bonds is 5. The first-order valence-corrected chi connectivity index (χ1v) is 9.86. The first-order valence-electron chi connectivity index (χ1n) is 9.86. The normalized spacial score (nSPS) is 20.0. The van der Waals surface area contributed by atoms with Gasteiger partial charge in [0.15, 0.2) is 0 Å². The van der Waals surface area contributed by atoms with Crippen molar-refractivity contribution in [2.75, 3.05) is 39.8 Å². The Balaban J connectivity index is 1.35. The minimum Gasteiger partial charge on any atom is -0.449 e. The predicted molar refractivity (Wildman–Crippen MR) is 103 cm³/mol. The van der Waals surface area contributed by atoms with Gasteiger partial charge in [-0.05, 0) is 44.5 Å². The molecular formula is C20H26N6O2. The number of carbonyl (C=O) groups excluding carboxylic acids is 1. The molecule has 0 spiro atoms. The van der Waals surface area contributed by atoms with E-state index in [-0.39, 0.29) is 5.91 Å². The van der Waals surface area contributed by atoms with Crippen molar-refractivity contribution >= 4 is 5.91 Å². The van der Waals surface area contributed by atoms with Crippen molar-refractivity contribution in [3.8, 4) is 6.07 Å². The molecule has 0 bridgehead atoms. The third-order valence-corrected chi connectivity index (χ3v) is 5.70. The van der Waals surface area contributed by atoms with Gasteiger partial charge in [-0.3, -0.25) is 9.48 Å². The fraction of sp³-hybridized carbons (Fsp3) is 0.550. The van der Waals surface area contributed by atoms with Gasteiger partial charge in [0, 0.05) is 32.7 Å². The molecule has 8 heteroatoms. The number of nitrogens with zero attached hydrogens (tertiary/aromatic N) is 5. The van der Waals surface area contributed by atoms with Crippen LogP contribution in [0.25, 0.3) is 0 Å². The zero-order valence-electron chi connectivity index (χ0n) is 16.2. The third-order valence-electron chi connectivity index (χ3n) is 5.70. The molecule has 1 fully saturated rings. The van der Waals surface area contributed by atoms with E-state index in [0.29, 0.717) is 18.2 Å². The number of amides is 1. The zero-order valence-corrected chi connectivity index (χ0v) is 16.2. The fourth-order valence-corrected chi connectivity index (χ4v) is 3.96. The molecule has 28 heavy (non-hydrogen) atoms. The molecule has 0 radical (unpaired) electrons. The van der Waals surface area contributed by atoms with E-state index in [9.17, 15) is 4.79 Å². The average Bonchev–Trinajstić information content (AvgIpc) is 3.34. The summed E-state index contributed by atoms with van der Waals surface area (Å²) in [6, 6.07) is 5.51. The van der Waals surface area contributed by atoms with Crippen LogP contribution in [-0.2, 0) is 19.5 Å². The van der Waals surface area contributed by atoms with Crippen LogP contribution in [-0.4, -0.2) is 65.3 Å². The first-order chi connectivity index (χ1) is 13.6. The van der Waals surface area contributed by atoms with Crippen LogP contribution in [0, 0.1) is 17.2 Å². The second-order valence-electron chi connectivity index (χ2n) is 7.69. The molecule has 2 aliphatic heterocycles. The van der Waals surface area contributed by atoms with Gasteiger partial charge in [-0.25, -0.2) is 0 Å². The minimum absolute atomic E-state index is 0.113. The maximum Gasteiger partial charge on any atom is 0.257 e. The third kappa shape index (κ3) is 3.96. The summed E-state index contributed by atoms with van der Waals surface area (Å²) in [6.07, 6.45) is 3.63. The summed E-state index contributed by atoms with van der Waals surface area (Å²) in [5, 5.41) is 16.7. The number of aryl methyl sites for hydroxylation is 1. The van der Waals surface area contributed by atoms with Crippen LogP contribution in [0.3, 0.4) is 0 Å². The van der Waals surface area contributed by atoms with Crippen molar-refractivity contribution in [3.05, 3.63) is 41.1 Å². The molecule has 148 valence electrons. The van der Waals surface area contributed by atoms with Crippen molar-refractivity contribution in [2.24, 2.45) is 5.92 Å². The molecule has 1 amide bonds. The predicted octanol–water partition coefficient (Wildman–Crippen LogP) is 1.09. The number of likely N-dealkylation sites (N-methyl/N-ethyl adjacent to an activating group) is 1. The molecule has 4 heterocycles.